The van der Waals surface area contributed by atoms with E-state index in [0.29, 0.717) is 16.7 Å². The molecular weight excluding hydrogens is 372 g/mol. The predicted molar refractivity (Wildman–Crippen MR) is 111 cm³/mol. The Balaban J connectivity index is 1.68. The molecular formula is C22H24N2O3S. The summed E-state index contributed by atoms with van der Waals surface area (Å²) in [5.74, 6) is 1.17. The molecule has 0 N–H and O–H groups in total. The first-order valence-corrected chi connectivity index (χ1v) is 9.95. The molecule has 3 aromatic rings. The van der Waals surface area contributed by atoms with Crippen LogP contribution in [0.1, 0.15) is 43.6 Å². The van der Waals surface area contributed by atoms with Gasteiger partial charge in [0.1, 0.15) is 5.75 Å². The van der Waals surface area contributed by atoms with Crippen LogP contribution in [-0.2, 0) is 5.41 Å². The predicted octanol–water partition coefficient (Wildman–Crippen LogP) is 5.41. The fourth-order valence-corrected chi connectivity index (χ4v) is 3.44. The number of ether oxygens (including phenoxy) is 1. The summed E-state index contributed by atoms with van der Waals surface area (Å²) in [7, 11) is 1.60. The van der Waals surface area contributed by atoms with E-state index < -0.39 is 0 Å². The summed E-state index contributed by atoms with van der Waals surface area (Å²) in [6.07, 6.45) is 0. The van der Waals surface area contributed by atoms with Gasteiger partial charge in [-0.15, -0.1) is 10.2 Å². The second kappa shape index (κ2) is 8.19. The van der Waals surface area contributed by atoms with Crippen molar-refractivity contribution in [2.45, 2.75) is 43.6 Å². The molecule has 0 aliphatic heterocycles. The lowest BCUT2D eigenvalue weighted by Gasteiger charge is -2.18. The summed E-state index contributed by atoms with van der Waals surface area (Å²) >= 11 is 1.26. The fraction of sp³-hybridized carbons (Fsp3) is 0.318. The van der Waals surface area contributed by atoms with Gasteiger partial charge in [0.2, 0.25) is 5.89 Å². The van der Waals surface area contributed by atoms with Crippen molar-refractivity contribution in [2.75, 3.05) is 7.11 Å². The van der Waals surface area contributed by atoms with Crippen molar-refractivity contribution in [3.63, 3.8) is 0 Å². The van der Waals surface area contributed by atoms with Crippen molar-refractivity contribution < 1.29 is 13.9 Å². The molecule has 0 bridgehead atoms. The lowest BCUT2D eigenvalue weighted by Crippen LogP contribution is -2.13. The van der Waals surface area contributed by atoms with Gasteiger partial charge < -0.3 is 9.15 Å². The first-order valence-electron chi connectivity index (χ1n) is 9.07. The van der Waals surface area contributed by atoms with Gasteiger partial charge in [0.05, 0.1) is 12.4 Å². The number of benzene rings is 2. The number of aromatic nitrogens is 2. The summed E-state index contributed by atoms with van der Waals surface area (Å²) in [6.45, 7) is 8.35. The molecule has 0 fully saturated rings. The van der Waals surface area contributed by atoms with Crippen LogP contribution in [0.5, 0.6) is 5.75 Å². The average molecular weight is 397 g/mol. The Morgan fingerprint density at radius 2 is 1.68 bits per heavy atom. The summed E-state index contributed by atoms with van der Waals surface area (Å²) in [5.41, 5.74) is 2.81. The van der Waals surface area contributed by atoms with E-state index in [9.17, 15) is 4.79 Å². The Morgan fingerprint density at radius 3 is 2.25 bits per heavy atom. The Hall–Kier alpha value is -2.60. The van der Waals surface area contributed by atoms with Crippen molar-refractivity contribution in [3.8, 4) is 17.2 Å². The standard InChI is InChI=1S/C22H24N2O3S/c1-14(19(25)15-8-12-18(26-5)13-9-15)28-21-24-23-20(27-21)16-6-10-17(11-7-16)22(2,3)4/h6-14H,1-5H3. The molecule has 1 heterocycles. The molecule has 1 atom stereocenters. The topological polar surface area (TPSA) is 65.2 Å². The Labute approximate surface area is 169 Å². The highest BCUT2D eigenvalue weighted by molar-refractivity contribution is 8.00. The highest BCUT2D eigenvalue weighted by Gasteiger charge is 2.20. The van der Waals surface area contributed by atoms with Crippen LogP contribution in [0.15, 0.2) is 58.2 Å². The van der Waals surface area contributed by atoms with E-state index in [2.05, 4.69) is 43.1 Å². The molecule has 0 aliphatic carbocycles. The molecule has 0 amide bonds. The fourth-order valence-electron chi connectivity index (χ4n) is 2.68. The number of hydrogen-bond donors (Lipinski definition) is 0. The van der Waals surface area contributed by atoms with Gasteiger partial charge in [0.15, 0.2) is 5.78 Å². The normalized spacial score (nSPS) is 12.6. The number of nitrogens with zero attached hydrogens (tertiary/aromatic N) is 2. The zero-order valence-corrected chi connectivity index (χ0v) is 17.5. The second-order valence-electron chi connectivity index (χ2n) is 7.55. The molecule has 0 radical (unpaired) electrons. The quantitative estimate of drug-likeness (QED) is 0.410. The van der Waals surface area contributed by atoms with Crippen LogP contribution < -0.4 is 4.74 Å². The minimum atomic E-state index is -0.343. The maximum Gasteiger partial charge on any atom is 0.277 e. The first kappa shape index (κ1) is 20.1. The number of carbonyl (C=O) groups is 1. The van der Waals surface area contributed by atoms with Gasteiger partial charge in [-0.1, -0.05) is 44.7 Å². The molecule has 146 valence electrons. The second-order valence-corrected chi connectivity index (χ2v) is 8.85. The van der Waals surface area contributed by atoms with Gasteiger partial charge in [0, 0.05) is 11.1 Å². The minimum Gasteiger partial charge on any atom is -0.497 e. The number of Topliss-reactive ketones (excluding diaryl/α,β-unsaturated/α-hetero) is 1. The Morgan fingerprint density at radius 1 is 1.04 bits per heavy atom. The van der Waals surface area contributed by atoms with Crippen LogP contribution in [0, 0.1) is 0 Å². The number of hydrogen-bond acceptors (Lipinski definition) is 6. The maximum absolute atomic E-state index is 12.6. The van der Waals surface area contributed by atoms with E-state index in [0.717, 1.165) is 11.3 Å². The zero-order valence-electron chi connectivity index (χ0n) is 16.7. The third-order valence-electron chi connectivity index (χ3n) is 4.43. The lowest BCUT2D eigenvalue weighted by atomic mass is 9.87. The molecule has 0 spiro atoms. The SMILES string of the molecule is COc1ccc(C(=O)C(C)Sc2nnc(-c3ccc(C(C)(C)C)cc3)o2)cc1. The minimum absolute atomic E-state index is 0.00179. The Kier molecular flexibility index (Phi) is 5.89. The molecule has 5 nitrogen and oxygen atoms in total. The van der Waals surface area contributed by atoms with E-state index in [1.54, 1.807) is 31.4 Å². The molecule has 3 rings (SSSR count). The van der Waals surface area contributed by atoms with Gasteiger partial charge in [-0.05, 0) is 54.3 Å². The van der Waals surface area contributed by atoms with Crippen molar-refractivity contribution in [3.05, 3.63) is 59.7 Å². The average Bonchev–Trinajstić information content (AvgIpc) is 3.15. The van der Waals surface area contributed by atoms with E-state index in [1.165, 1.54) is 17.3 Å². The van der Waals surface area contributed by atoms with Gasteiger partial charge in [-0.2, -0.15) is 0 Å². The third kappa shape index (κ3) is 4.62. The van der Waals surface area contributed by atoms with E-state index in [4.69, 9.17) is 9.15 Å². The summed E-state index contributed by atoms with van der Waals surface area (Å²) in [6, 6.07) is 15.2. The number of methoxy groups -OCH3 is 1. The van der Waals surface area contributed by atoms with Crippen LogP contribution in [0.25, 0.3) is 11.5 Å². The Bertz CT molecular complexity index is 941. The zero-order chi connectivity index (χ0) is 20.3. The van der Waals surface area contributed by atoms with Gasteiger partial charge in [-0.25, -0.2) is 0 Å². The van der Waals surface area contributed by atoms with E-state index in [1.807, 2.05) is 19.1 Å². The summed E-state index contributed by atoms with van der Waals surface area (Å²) in [5, 5.41) is 8.24. The van der Waals surface area contributed by atoms with Crippen molar-refractivity contribution >= 4 is 17.5 Å². The van der Waals surface area contributed by atoms with E-state index in [-0.39, 0.29) is 16.4 Å². The molecule has 0 saturated carbocycles. The summed E-state index contributed by atoms with van der Waals surface area (Å²) in [4.78, 5) is 12.6. The maximum atomic E-state index is 12.6. The van der Waals surface area contributed by atoms with Crippen molar-refractivity contribution in [1.82, 2.24) is 10.2 Å². The smallest absolute Gasteiger partial charge is 0.277 e. The molecule has 2 aromatic carbocycles. The van der Waals surface area contributed by atoms with Crippen LogP contribution in [0.2, 0.25) is 0 Å². The van der Waals surface area contributed by atoms with Crippen molar-refractivity contribution in [1.29, 1.82) is 0 Å². The third-order valence-corrected chi connectivity index (χ3v) is 5.36. The van der Waals surface area contributed by atoms with Crippen LogP contribution >= 0.6 is 11.8 Å². The molecule has 28 heavy (non-hydrogen) atoms. The van der Waals surface area contributed by atoms with Gasteiger partial charge in [-0.3, -0.25) is 4.79 Å². The first-order chi connectivity index (χ1) is 13.3. The molecule has 6 heteroatoms. The van der Waals surface area contributed by atoms with Crippen LogP contribution in [0.4, 0.5) is 0 Å². The van der Waals surface area contributed by atoms with Gasteiger partial charge in [0.25, 0.3) is 5.22 Å². The van der Waals surface area contributed by atoms with Crippen molar-refractivity contribution in [2.24, 2.45) is 0 Å². The monoisotopic (exact) mass is 396 g/mol. The number of carbonyl (C=O) groups excluding carboxylic acids is 1. The number of ketones is 1. The van der Waals surface area contributed by atoms with Crippen LogP contribution in [0.3, 0.4) is 0 Å². The number of thioether (sulfide) groups is 1. The van der Waals surface area contributed by atoms with Gasteiger partial charge >= 0.3 is 0 Å². The van der Waals surface area contributed by atoms with Crippen LogP contribution in [-0.4, -0.2) is 28.3 Å². The molecule has 0 saturated heterocycles. The highest BCUT2D eigenvalue weighted by Crippen LogP contribution is 2.29. The molecule has 1 unspecified atom stereocenters. The van der Waals surface area contributed by atoms with E-state index >= 15 is 0 Å². The summed E-state index contributed by atoms with van der Waals surface area (Å²) < 4.78 is 10.9. The lowest BCUT2D eigenvalue weighted by molar-refractivity contribution is 0.0993. The largest absolute Gasteiger partial charge is 0.497 e. The highest BCUT2D eigenvalue weighted by atomic mass is 32.2. The molecule has 0 aliphatic rings. The number of rotatable bonds is 6. The molecule has 1 aromatic heterocycles.